The summed E-state index contributed by atoms with van der Waals surface area (Å²) >= 11 is 0. The molecule has 0 aliphatic carbocycles. The van der Waals surface area contributed by atoms with Crippen molar-refractivity contribution in [3.8, 4) is 0 Å². The van der Waals surface area contributed by atoms with Crippen molar-refractivity contribution < 1.29 is 9.53 Å². The molecule has 1 N–H and O–H groups in total. The van der Waals surface area contributed by atoms with E-state index in [0.717, 1.165) is 37.7 Å². The van der Waals surface area contributed by atoms with Gasteiger partial charge in [-0.05, 0) is 26.0 Å². The van der Waals surface area contributed by atoms with Gasteiger partial charge in [-0.3, -0.25) is 0 Å². The highest BCUT2D eigenvalue weighted by Crippen LogP contribution is 2.16. The minimum atomic E-state index is -0.297. The second kappa shape index (κ2) is 5.82. The average molecular weight is 249 g/mol. The summed E-state index contributed by atoms with van der Waals surface area (Å²) in [6, 6.07) is 3.70. The summed E-state index contributed by atoms with van der Waals surface area (Å²) < 4.78 is 4.99. The van der Waals surface area contributed by atoms with Gasteiger partial charge >= 0.3 is 5.97 Å². The zero-order valence-corrected chi connectivity index (χ0v) is 10.9. The minimum absolute atomic E-state index is 0.297. The SMILES string of the molecule is CCOC(=O)c1ccc(N2CCNCC2)nc1C. The molecule has 0 radical (unpaired) electrons. The maximum Gasteiger partial charge on any atom is 0.339 e. The molecule has 1 fully saturated rings. The van der Waals surface area contributed by atoms with E-state index >= 15 is 0 Å². The number of esters is 1. The van der Waals surface area contributed by atoms with E-state index < -0.39 is 0 Å². The lowest BCUT2D eigenvalue weighted by Crippen LogP contribution is -2.44. The molecule has 1 aliphatic rings. The van der Waals surface area contributed by atoms with Gasteiger partial charge in [0, 0.05) is 26.2 Å². The zero-order valence-electron chi connectivity index (χ0n) is 10.9. The number of carbonyl (C=O) groups is 1. The minimum Gasteiger partial charge on any atom is -0.462 e. The van der Waals surface area contributed by atoms with E-state index in [2.05, 4.69) is 15.2 Å². The number of aromatic nitrogens is 1. The summed E-state index contributed by atoms with van der Waals surface area (Å²) in [6.45, 7) is 7.88. The molecule has 0 unspecified atom stereocenters. The number of carbonyl (C=O) groups excluding carboxylic acids is 1. The summed E-state index contributed by atoms with van der Waals surface area (Å²) in [5, 5.41) is 3.30. The third kappa shape index (κ3) is 2.79. The average Bonchev–Trinajstić information content (AvgIpc) is 2.40. The van der Waals surface area contributed by atoms with Crippen molar-refractivity contribution in [2.45, 2.75) is 13.8 Å². The number of piperazine rings is 1. The van der Waals surface area contributed by atoms with Crippen molar-refractivity contribution in [3.63, 3.8) is 0 Å². The van der Waals surface area contributed by atoms with Crippen LogP contribution in [0.4, 0.5) is 5.82 Å². The van der Waals surface area contributed by atoms with Gasteiger partial charge in [0.15, 0.2) is 0 Å². The number of aryl methyl sites for hydroxylation is 1. The number of nitrogens with zero attached hydrogens (tertiary/aromatic N) is 2. The van der Waals surface area contributed by atoms with Crippen LogP contribution >= 0.6 is 0 Å². The van der Waals surface area contributed by atoms with Crippen LogP contribution in [0, 0.1) is 6.92 Å². The molecule has 18 heavy (non-hydrogen) atoms. The Bertz CT molecular complexity index is 428. The smallest absolute Gasteiger partial charge is 0.339 e. The molecule has 2 heterocycles. The molecule has 0 bridgehead atoms. The number of pyridine rings is 1. The first kappa shape index (κ1) is 12.8. The normalized spacial score (nSPS) is 15.6. The predicted octanol–water partition coefficient (Wildman–Crippen LogP) is 0.976. The highest BCUT2D eigenvalue weighted by Gasteiger charge is 2.15. The Labute approximate surface area is 107 Å². The first-order chi connectivity index (χ1) is 8.72. The number of ether oxygens (including phenoxy) is 1. The lowest BCUT2D eigenvalue weighted by molar-refractivity contribution is 0.0525. The van der Waals surface area contributed by atoms with Crippen molar-refractivity contribution in [1.29, 1.82) is 0 Å². The van der Waals surface area contributed by atoms with Crippen molar-refractivity contribution in [2.75, 3.05) is 37.7 Å². The Morgan fingerprint density at radius 2 is 2.17 bits per heavy atom. The third-order valence-electron chi connectivity index (χ3n) is 3.01. The van der Waals surface area contributed by atoms with Gasteiger partial charge in [-0.25, -0.2) is 9.78 Å². The quantitative estimate of drug-likeness (QED) is 0.809. The summed E-state index contributed by atoms with van der Waals surface area (Å²) in [4.78, 5) is 18.4. The van der Waals surface area contributed by atoms with Crippen LogP contribution in [0.5, 0.6) is 0 Å². The van der Waals surface area contributed by atoms with Crippen LogP contribution in [0.2, 0.25) is 0 Å². The number of anilines is 1. The molecule has 98 valence electrons. The molecule has 0 amide bonds. The molecule has 1 aliphatic heterocycles. The molecule has 1 saturated heterocycles. The van der Waals surface area contributed by atoms with Crippen molar-refractivity contribution in [2.24, 2.45) is 0 Å². The summed E-state index contributed by atoms with van der Waals surface area (Å²) in [6.07, 6.45) is 0. The van der Waals surface area contributed by atoms with Gasteiger partial charge in [0.25, 0.3) is 0 Å². The molecule has 5 heteroatoms. The van der Waals surface area contributed by atoms with Crippen LogP contribution < -0.4 is 10.2 Å². The summed E-state index contributed by atoms with van der Waals surface area (Å²) in [5.74, 6) is 0.636. The molecule has 0 saturated carbocycles. The molecular weight excluding hydrogens is 230 g/mol. The standard InChI is InChI=1S/C13H19N3O2/c1-3-18-13(17)11-4-5-12(15-10(11)2)16-8-6-14-7-9-16/h4-5,14H,3,6-9H2,1-2H3. The number of nitrogens with one attached hydrogen (secondary N) is 1. The second-order valence-corrected chi connectivity index (χ2v) is 4.26. The van der Waals surface area contributed by atoms with E-state index in [-0.39, 0.29) is 5.97 Å². The maximum atomic E-state index is 11.7. The number of hydrogen-bond donors (Lipinski definition) is 1. The van der Waals surface area contributed by atoms with Crippen LogP contribution in [-0.2, 0) is 4.74 Å². The molecular formula is C13H19N3O2. The fourth-order valence-electron chi connectivity index (χ4n) is 2.04. The lowest BCUT2D eigenvalue weighted by atomic mass is 10.2. The van der Waals surface area contributed by atoms with E-state index in [1.165, 1.54) is 0 Å². The highest BCUT2D eigenvalue weighted by molar-refractivity contribution is 5.90. The zero-order chi connectivity index (χ0) is 13.0. The molecule has 0 aromatic carbocycles. The largest absolute Gasteiger partial charge is 0.462 e. The van der Waals surface area contributed by atoms with Gasteiger partial charge in [-0.1, -0.05) is 0 Å². The molecule has 2 rings (SSSR count). The van der Waals surface area contributed by atoms with Crippen LogP contribution in [0.15, 0.2) is 12.1 Å². The fourth-order valence-corrected chi connectivity index (χ4v) is 2.04. The molecule has 1 aromatic heterocycles. The van der Waals surface area contributed by atoms with Gasteiger partial charge in [0.2, 0.25) is 0 Å². The molecule has 0 atom stereocenters. The highest BCUT2D eigenvalue weighted by atomic mass is 16.5. The van der Waals surface area contributed by atoms with E-state index in [1.54, 1.807) is 13.0 Å². The van der Waals surface area contributed by atoms with Crippen molar-refractivity contribution in [3.05, 3.63) is 23.4 Å². The lowest BCUT2D eigenvalue weighted by Gasteiger charge is -2.28. The van der Waals surface area contributed by atoms with E-state index in [9.17, 15) is 4.79 Å². The van der Waals surface area contributed by atoms with Crippen LogP contribution in [0.25, 0.3) is 0 Å². The summed E-state index contributed by atoms with van der Waals surface area (Å²) in [7, 11) is 0. The van der Waals surface area contributed by atoms with Crippen LogP contribution in [-0.4, -0.2) is 43.7 Å². The monoisotopic (exact) mass is 249 g/mol. The topological polar surface area (TPSA) is 54.5 Å². The fraction of sp³-hybridized carbons (Fsp3) is 0.538. The van der Waals surface area contributed by atoms with E-state index in [0.29, 0.717) is 12.2 Å². The number of hydrogen-bond acceptors (Lipinski definition) is 5. The Morgan fingerprint density at radius 3 is 2.78 bits per heavy atom. The van der Waals surface area contributed by atoms with Crippen LogP contribution in [0.1, 0.15) is 23.0 Å². The Kier molecular flexibility index (Phi) is 4.15. The molecule has 1 aromatic rings. The second-order valence-electron chi connectivity index (χ2n) is 4.26. The first-order valence-electron chi connectivity index (χ1n) is 6.33. The molecule has 5 nitrogen and oxygen atoms in total. The van der Waals surface area contributed by atoms with E-state index in [4.69, 9.17) is 4.74 Å². The van der Waals surface area contributed by atoms with Gasteiger partial charge in [-0.15, -0.1) is 0 Å². The molecule has 0 spiro atoms. The maximum absolute atomic E-state index is 11.7. The van der Waals surface area contributed by atoms with Gasteiger partial charge in [0.1, 0.15) is 5.82 Å². The van der Waals surface area contributed by atoms with Crippen LogP contribution in [0.3, 0.4) is 0 Å². The van der Waals surface area contributed by atoms with Gasteiger partial charge < -0.3 is 15.0 Å². The predicted molar refractivity (Wildman–Crippen MR) is 70.0 cm³/mol. The first-order valence-corrected chi connectivity index (χ1v) is 6.33. The Morgan fingerprint density at radius 1 is 1.44 bits per heavy atom. The third-order valence-corrected chi connectivity index (χ3v) is 3.01. The van der Waals surface area contributed by atoms with Crippen molar-refractivity contribution >= 4 is 11.8 Å². The number of rotatable bonds is 3. The van der Waals surface area contributed by atoms with Gasteiger partial charge in [-0.2, -0.15) is 0 Å². The summed E-state index contributed by atoms with van der Waals surface area (Å²) in [5.41, 5.74) is 1.28. The van der Waals surface area contributed by atoms with Gasteiger partial charge in [0.05, 0.1) is 17.9 Å². The Hall–Kier alpha value is -1.62. The van der Waals surface area contributed by atoms with Crippen molar-refractivity contribution in [1.82, 2.24) is 10.3 Å². The Balaban J connectivity index is 2.16. The van der Waals surface area contributed by atoms with E-state index in [1.807, 2.05) is 13.0 Å².